The molecule has 0 atom stereocenters. The Balaban J connectivity index is 1.86. The summed E-state index contributed by atoms with van der Waals surface area (Å²) in [6.07, 6.45) is 0. The Kier molecular flexibility index (Phi) is 6.59. The lowest BCUT2D eigenvalue weighted by atomic mass is 10.3. The molecule has 1 aliphatic rings. The maximum Gasteiger partial charge on any atom is 0.255 e. The van der Waals surface area contributed by atoms with Crippen LogP contribution in [0.5, 0.6) is 0 Å². The number of morpholine rings is 1. The van der Waals surface area contributed by atoms with Gasteiger partial charge in [-0.1, -0.05) is 22.0 Å². The van der Waals surface area contributed by atoms with Crippen LogP contribution in [0.1, 0.15) is 5.69 Å². The summed E-state index contributed by atoms with van der Waals surface area (Å²) < 4.78 is 12.7. The summed E-state index contributed by atoms with van der Waals surface area (Å²) in [5.74, 6) is 0.160. The maximum absolute atomic E-state index is 12.6. The molecule has 1 fully saturated rings. The number of rotatable bonds is 6. The molecule has 0 radical (unpaired) electrons. The zero-order valence-corrected chi connectivity index (χ0v) is 16.6. The summed E-state index contributed by atoms with van der Waals surface area (Å²) in [5.41, 5.74) is 0.898. The van der Waals surface area contributed by atoms with Crippen LogP contribution in [0.4, 0.5) is 11.6 Å². The average molecular weight is 437 g/mol. The highest BCUT2D eigenvalue weighted by Gasteiger charge is 2.20. The first-order valence-electron chi connectivity index (χ1n) is 8.54. The van der Waals surface area contributed by atoms with Crippen LogP contribution in [0.2, 0.25) is 0 Å². The highest BCUT2D eigenvalue weighted by atomic mass is 79.9. The van der Waals surface area contributed by atoms with E-state index in [1.54, 1.807) is 19.2 Å². The van der Waals surface area contributed by atoms with Gasteiger partial charge in [-0.3, -0.25) is 14.2 Å². The number of carbonyl (C=O) groups is 1. The molecular weight excluding hydrogens is 416 g/mol. The van der Waals surface area contributed by atoms with Crippen molar-refractivity contribution in [1.29, 1.82) is 0 Å². The number of methoxy groups -OCH3 is 1. The largest absolute Gasteiger partial charge is 0.378 e. The summed E-state index contributed by atoms with van der Waals surface area (Å²) in [6.45, 7) is 2.42. The van der Waals surface area contributed by atoms with Gasteiger partial charge in [0.25, 0.3) is 5.56 Å². The number of hydrogen-bond donors (Lipinski definition) is 1. The molecule has 2 aromatic rings. The molecule has 0 unspecified atom stereocenters. The molecule has 1 saturated heterocycles. The minimum absolute atomic E-state index is 0.127. The Morgan fingerprint density at radius 3 is 2.81 bits per heavy atom. The Morgan fingerprint density at radius 2 is 2.11 bits per heavy atom. The highest BCUT2D eigenvalue weighted by Crippen LogP contribution is 2.16. The standard InChI is InChI=1S/C18H21BrN4O4/c1-26-12-15-10-17(25)23(18(21-15)22-5-7-27-8-6-22)11-16(24)20-14-4-2-3-13(19)9-14/h2-4,9-10H,5-8,11-12H2,1H3,(H,20,24). The molecule has 1 aromatic carbocycles. The van der Waals surface area contributed by atoms with Gasteiger partial charge in [-0.2, -0.15) is 0 Å². The normalized spacial score (nSPS) is 14.2. The summed E-state index contributed by atoms with van der Waals surface area (Å²) in [6, 6.07) is 8.68. The number of nitrogens with zero attached hydrogens (tertiary/aromatic N) is 3. The number of carbonyl (C=O) groups excluding carboxylic acids is 1. The molecule has 1 aromatic heterocycles. The van der Waals surface area contributed by atoms with E-state index in [1.165, 1.54) is 10.6 Å². The second-order valence-corrected chi connectivity index (χ2v) is 6.98. The number of anilines is 2. The predicted molar refractivity (Wildman–Crippen MR) is 105 cm³/mol. The molecule has 0 bridgehead atoms. The van der Waals surface area contributed by atoms with Gasteiger partial charge in [0, 0.05) is 36.4 Å². The van der Waals surface area contributed by atoms with Gasteiger partial charge in [0.2, 0.25) is 11.9 Å². The lowest BCUT2D eigenvalue weighted by molar-refractivity contribution is -0.116. The van der Waals surface area contributed by atoms with E-state index in [2.05, 4.69) is 26.2 Å². The number of halogens is 1. The number of nitrogens with one attached hydrogen (secondary N) is 1. The number of aromatic nitrogens is 2. The Labute approximate surface area is 165 Å². The van der Waals surface area contributed by atoms with Crippen molar-refractivity contribution in [3.05, 3.63) is 50.9 Å². The van der Waals surface area contributed by atoms with Crippen LogP contribution < -0.4 is 15.8 Å². The monoisotopic (exact) mass is 436 g/mol. The smallest absolute Gasteiger partial charge is 0.255 e. The third kappa shape index (κ3) is 5.15. The van der Waals surface area contributed by atoms with Crippen molar-refractivity contribution in [3.8, 4) is 0 Å². The second-order valence-electron chi connectivity index (χ2n) is 6.06. The minimum Gasteiger partial charge on any atom is -0.378 e. The van der Waals surface area contributed by atoms with Crippen LogP contribution in [0.3, 0.4) is 0 Å². The van der Waals surface area contributed by atoms with E-state index in [4.69, 9.17) is 9.47 Å². The van der Waals surface area contributed by atoms with E-state index < -0.39 is 0 Å². The molecule has 8 nitrogen and oxygen atoms in total. The van der Waals surface area contributed by atoms with Crippen LogP contribution in [-0.2, 0) is 27.4 Å². The Bertz CT molecular complexity index is 865. The molecule has 0 saturated carbocycles. The first-order valence-corrected chi connectivity index (χ1v) is 9.34. The van der Waals surface area contributed by atoms with E-state index >= 15 is 0 Å². The highest BCUT2D eigenvalue weighted by molar-refractivity contribution is 9.10. The van der Waals surface area contributed by atoms with Crippen LogP contribution in [0.15, 0.2) is 39.6 Å². The number of benzene rings is 1. The van der Waals surface area contributed by atoms with Gasteiger partial charge < -0.3 is 19.7 Å². The number of hydrogen-bond acceptors (Lipinski definition) is 6. The predicted octanol–water partition coefficient (Wildman–Crippen LogP) is 1.63. The minimum atomic E-state index is -0.300. The Morgan fingerprint density at radius 1 is 1.33 bits per heavy atom. The van der Waals surface area contributed by atoms with Crippen LogP contribution >= 0.6 is 15.9 Å². The van der Waals surface area contributed by atoms with E-state index in [9.17, 15) is 9.59 Å². The molecule has 2 heterocycles. The summed E-state index contributed by atoms with van der Waals surface area (Å²) in [5, 5.41) is 2.80. The molecule has 3 rings (SSSR count). The van der Waals surface area contributed by atoms with Crippen molar-refractivity contribution in [3.63, 3.8) is 0 Å². The first kappa shape index (κ1) is 19.5. The lowest BCUT2D eigenvalue weighted by Gasteiger charge is -2.29. The van der Waals surface area contributed by atoms with Crippen molar-refractivity contribution < 1.29 is 14.3 Å². The summed E-state index contributed by atoms with van der Waals surface area (Å²) in [4.78, 5) is 31.6. The maximum atomic E-state index is 12.6. The van der Waals surface area contributed by atoms with E-state index in [1.807, 2.05) is 17.0 Å². The van der Waals surface area contributed by atoms with Gasteiger partial charge in [-0.15, -0.1) is 0 Å². The molecule has 0 spiro atoms. The number of amides is 1. The molecule has 27 heavy (non-hydrogen) atoms. The van der Waals surface area contributed by atoms with Crippen molar-refractivity contribution in [2.45, 2.75) is 13.2 Å². The molecule has 1 N–H and O–H groups in total. The molecule has 9 heteroatoms. The van der Waals surface area contributed by atoms with Gasteiger partial charge in [0.1, 0.15) is 6.54 Å². The topological polar surface area (TPSA) is 85.7 Å². The number of ether oxygens (including phenoxy) is 2. The van der Waals surface area contributed by atoms with Crippen molar-refractivity contribution in [2.75, 3.05) is 43.6 Å². The molecule has 144 valence electrons. The van der Waals surface area contributed by atoms with Gasteiger partial charge in [0.15, 0.2) is 0 Å². The Hall–Kier alpha value is -2.23. The van der Waals surface area contributed by atoms with Gasteiger partial charge in [-0.25, -0.2) is 4.98 Å². The molecular formula is C18H21BrN4O4. The first-order chi connectivity index (χ1) is 13.1. The van der Waals surface area contributed by atoms with Crippen molar-refractivity contribution in [1.82, 2.24) is 9.55 Å². The SMILES string of the molecule is COCc1cc(=O)n(CC(=O)Nc2cccc(Br)c2)c(N2CCOCC2)n1. The summed E-state index contributed by atoms with van der Waals surface area (Å²) in [7, 11) is 1.55. The fourth-order valence-corrected chi connectivity index (χ4v) is 3.22. The lowest BCUT2D eigenvalue weighted by Crippen LogP contribution is -2.42. The van der Waals surface area contributed by atoms with Gasteiger partial charge in [-0.05, 0) is 18.2 Å². The zero-order chi connectivity index (χ0) is 19.2. The fourth-order valence-electron chi connectivity index (χ4n) is 2.83. The van der Waals surface area contributed by atoms with Crippen molar-refractivity contribution in [2.24, 2.45) is 0 Å². The third-order valence-electron chi connectivity index (χ3n) is 4.04. The second kappa shape index (κ2) is 9.12. The van der Waals surface area contributed by atoms with Gasteiger partial charge >= 0.3 is 0 Å². The summed E-state index contributed by atoms with van der Waals surface area (Å²) >= 11 is 3.37. The zero-order valence-electron chi connectivity index (χ0n) is 15.0. The van der Waals surface area contributed by atoms with E-state index in [0.29, 0.717) is 43.6 Å². The molecule has 1 amide bonds. The van der Waals surface area contributed by atoms with Gasteiger partial charge in [0.05, 0.1) is 25.5 Å². The van der Waals surface area contributed by atoms with E-state index in [-0.39, 0.29) is 24.6 Å². The van der Waals surface area contributed by atoms with Crippen molar-refractivity contribution >= 4 is 33.5 Å². The fraction of sp³-hybridized carbons (Fsp3) is 0.389. The third-order valence-corrected chi connectivity index (χ3v) is 4.53. The van der Waals surface area contributed by atoms with Crippen LogP contribution in [0.25, 0.3) is 0 Å². The average Bonchev–Trinajstić information content (AvgIpc) is 2.64. The van der Waals surface area contributed by atoms with E-state index in [0.717, 1.165) is 4.47 Å². The quantitative estimate of drug-likeness (QED) is 0.740. The molecule has 0 aliphatic carbocycles. The molecule has 1 aliphatic heterocycles. The van der Waals surface area contributed by atoms with Crippen LogP contribution in [-0.4, -0.2) is 48.9 Å². The van der Waals surface area contributed by atoms with Crippen LogP contribution in [0, 0.1) is 0 Å².